The number of aromatic amines is 1. The van der Waals surface area contributed by atoms with E-state index in [9.17, 15) is 4.79 Å². The van der Waals surface area contributed by atoms with Crippen molar-refractivity contribution in [3.63, 3.8) is 0 Å². The van der Waals surface area contributed by atoms with Gasteiger partial charge >= 0.3 is 0 Å². The van der Waals surface area contributed by atoms with Crippen LogP contribution in [0, 0.1) is 3.57 Å². The summed E-state index contributed by atoms with van der Waals surface area (Å²) in [6.07, 6.45) is 6.38. The van der Waals surface area contributed by atoms with Crippen LogP contribution in [0.5, 0.6) is 0 Å². The van der Waals surface area contributed by atoms with Crippen LogP contribution < -0.4 is 5.56 Å². The molecule has 0 radical (unpaired) electrons. The molecule has 0 spiro atoms. The highest BCUT2D eigenvalue weighted by Crippen LogP contribution is 2.35. The van der Waals surface area contributed by atoms with Gasteiger partial charge in [0.1, 0.15) is 9.26 Å². The Bertz CT molecular complexity index is 695. The van der Waals surface area contributed by atoms with Gasteiger partial charge in [0.25, 0.3) is 5.56 Å². The Balaban J connectivity index is 2.14. The van der Waals surface area contributed by atoms with E-state index in [-0.39, 0.29) is 5.56 Å². The normalized spacial score (nSPS) is 15.7. The molecule has 0 unspecified atom stereocenters. The second-order valence-electron chi connectivity index (χ2n) is 4.93. The Morgan fingerprint density at radius 1 is 1.35 bits per heavy atom. The first-order valence-corrected chi connectivity index (χ1v) is 8.44. The highest BCUT2D eigenvalue weighted by Gasteiger charge is 2.23. The molecule has 1 saturated carbocycles. The standard InChI is InChI=1S/C14H13BrIN3O/c15-9-6-3-7-17-12(9)13-18-11(8-4-1-2-5-8)10(16)14(20)19-13/h3,6-8H,1-2,4-5H2,(H,18,19,20). The summed E-state index contributed by atoms with van der Waals surface area (Å²) in [6.45, 7) is 0. The quantitative estimate of drug-likeness (QED) is 0.714. The third kappa shape index (κ3) is 2.67. The lowest BCUT2D eigenvalue weighted by Crippen LogP contribution is -2.18. The first kappa shape index (κ1) is 14.2. The topological polar surface area (TPSA) is 58.6 Å². The van der Waals surface area contributed by atoms with Gasteiger partial charge in [-0.15, -0.1) is 0 Å². The molecular formula is C14H13BrIN3O. The summed E-state index contributed by atoms with van der Waals surface area (Å²) in [4.78, 5) is 24.0. The van der Waals surface area contributed by atoms with E-state index >= 15 is 0 Å². The van der Waals surface area contributed by atoms with E-state index in [1.54, 1.807) is 6.20 Å². The van der Waals surface area contributed by atoms with Crippen LogP contribution in [0.1, 0.15) is 37.3 Å². The van der Waals surface area contributed by atoms with Gasteiger partial charge in [-0.25, -0.2) is 4.98 Å². The number of H-pyrrole nitrogens is 1. The van der Waals surface area contributed by atoms with E-state index in [0.29, 0.717) is 21.0 Å². The Labute approximate surface area is 138 Å². The fourth-order valence-corrected chi connectivity index (χ4v) is 3.76. The first-order valence-electron chi connectivity index (χ1n) is 6.57. The van der Waals surface area contributed by atoms with Crippen LogP contribution >= 0.6 is 38.5 Å². The number of aromatic nitrogens is 3. The second-order valence-corrected chi connectivity index (χ2v) is 6.86. The van der Waals surface area contributed by atoms with Gasteiger partial charge in [-0.05, 0) is 63.5 Å². The van der Waals surface area contributed by atoms with Crippen molar-refractivity contribution in [2.24, 2.45) is 0 Å². The summed E-state index contributed by atoms with van der Waals surface area (Å²) < 4.78 is 1.55. The van der Waals surface area contributed by atoms with Crippen molar-refractivity contribution >= 4 is 38.5 Å². The molecule has 0 aromatic carbocycles. The average molecular weight is 446 g/mol. The minimum Gasteiger partial charge on any atom is -0.304 e. The Morgan fingerprint density at radius 3 is 2.80 bits per heavy atom. The number of nitrogens with zero attached hydrogens (tertiary/aromatic N) is 2. The van der Waals surface area contributed by atoms with Gasteiger partial charge in [0.05, 0.1) is 5.69 Å². The van der Waals surface area contributed by atoms with E-state index in [1.165, 1.54) is 12.8 Å². The minimum atomic E-state index is -0.0740. The maximum Gasteiger partial charge on any atom is 0.264 e. The molecule has 2 aromatic heterocycles. The van der Waals surface area contributed by atoms with Crippen LogP contribution in [-0.4, -0.2) is 15.0 Å². The Kier molecular flexibility index (Phi) is 4.21. The van der Waals surface area contributed by atoms with Gasteiger partial charge in [0.2, 0.25) is 0 Å². The van der Waals surface area contributed by atoms with Crippen molar-refractivity contribution in [2.75, 3.05) is 0 Å². The molecule has 20 heavy (non-hydrogen) atoms. The summed E-state index contributed by atoms with van der Waals surface area (Å²) in [7, 11) is 0. The fourth-order valence-electron chi connectivity index (χ4n) is 2.62. The zero-order chi connectivity index (χ0) is 14.1. The summed E-state index contributed by atoms with van der Waals surface area (Å²) >= 11 is 5.56. The van der Waals surface area contributed by atoms with Crippen molar-refractivity contribution < 1.29 is 0 Å². The number of hydrogen-bond acceptors (Lipinski definition) is 3. The molecule has 1 aliphatic carbocycles. The lowest BCUT2D eigenvalue weighted by Gasteiger charge is -2.12. The minimum absolute atomic E-state index is 0.0740. The van der Waals surface area contributed by atoms with Gasteiger partial charge in [-0.1, -0.05) is 12.8 Å². The number of nitrogens with one attached hydrogen (secondary N) is 1. The van der Waals surface area contributed by atoms with E-state index in [1.807, 2.05) is 12.1 Å². The first-order chi connectivity index (χ1) is 9.66. The van der Waals surface area contributed by atoms with Crippen LogP contribution in [0.3, 0.4) is 0 Å². The molecule has 0 aliphatic heterocycles. The van der Waals surface area contributed by atoms with Crippen LogP contribution in [-0.2, 0) is 0 Å². The number of halogens is 2. The van der Waals surface area contributed by atoms with Gasteiger partial charge in [0, 0.05) is 16.6 Å². The monoisotopic (exact) mass is 445 g/mol. The van der Waals surface area contributed by atoms with Crippen molar-refractivity contribution in [1.82, 2.24) is 15.0 Å². The molecule has 1 fully saturated rings. The highest BCUT2D eigenvalue weighted by molar-refractivity contribution is 14.1. The Hall–Kier alpha value is -0.760. The molecule has 4 nitrogen and oxygen atoms in total. The zero-order valence-corrected chi connectivity index (χ0v) is 14.4. The fraction of sp³-hybridized carbons (Fsp3) is 0.357. The van der Waals surface area contributed by atoms with Crippen LogP contribution in [0.4, 0.5) is 0 Å². The van der Waals surface area contributed by atoms with Crippen molar-refractivity contribution in [2.45, 2.75) is 31.6 Å². The van der Waals surface area contributed by atoms with E-state index < -0.39 is 0 Å². The van der Waals surface area contributed by atoms with E-state index in [2.05, 4.69) is 48.5 Å². The maximum absolute atomic E-state index is 12.2. The molecule has 104 valence electrons. The summed E-state index contributed by atoms with van der Waals surface area (Å²) in [5, 5.41) is 0. The van der Waals surface area contributed by atoms with E-state index in [0.717, 1.165) is 23.0 Å². The van der Waals surface area contributed by atoms with Crippen LogP contribution in [0.25, 0.3) is 11.5 Å². The third-order valence-electron chi connectivity index (χ3n) is 3.61. The largest absolute Gasteiger partial charge is 0.304 e. The number of hydrogen-bond donors (Lipinski definition) is 1. The molecule has 1 N–H and O–H groups in total. The lowest BCUT2D eigenvalue weighted by molar-refractivity contribution is 0.687. The SMILES string of the molecule is O=c1[nH]c(-c2ncccc2Br)nc(C2CCCC2)c1I. The molecule has 6 heteroatoms. The molecule has 1 aliphatic rings. The average Bonchev–Trinajstić information content (AvgIpc) is 2.96. The number of pyridine rings is 1. The highest BCUT2D eigenvalue weighted by atomic mass is 127. The maximum atomic E-state index is 12.2. The number of rotatable bonds is 2. The molecule has 2 heterocycles. The predicted octanol–water partition coefficient (Wildman–Crippen LogP) is 3.86. The second kappa shape index (κ2) is 5.93. The van der Waals surface area contributed by atoms with E-state index in [4.69, 9.17) is 4.98 Å². The van der Waals surface area contributed by atoms with Crippen LogP contribution in [0.15, 0.2) is 27.6 Å². The molecule has 0 saturated heterocycles. The third-order valence-corrected chi connectivity index (χ3v) is 5.30. The van der Waals surface area contributed by atoms with Crippen molar-refractivity contribution in [3.05, 3.63) is 42.4 Å². The van der Waals surface area contributed by atoms with Crippen LogP contribution in [0.2, 0.25) is 0 Å². The molecule has 2 aromatic rings. The molecule has 3 rings (SSSR count). The predicted molar refractivity (Wildman–Crippen MR) is 89.7 cm³/mol. The smallest absolute Gasteiger partial charge is 0.264 e. The van der Waals surface area contributed by atoms with Gasteiger partial charge < -0.3 is 4.98 Å². The summed E-state index contributed by atoms with van der Waals surface area (Å²) in [5.74, 6) is 0.954. The van der Waals surface area contributed by atoms with Gasteiger partial charge in [0.15, 0.2) is 5.82 Å². The van der Waals surface area contributed by atoms with Crippen molar-refractivity contribution in [1.29, 1.82) is 0 Å². The lowest BCUT2D eigenvalue weighted by atomic mass is 10.0. The molecule has 0 atom stereocenters. The van der Waals surface area contributed by atoms with Gasteiger partial charge in [-0.3, -0.25) is 9.78 Å². The van der Waals surface area contributed by atoms with Crippen molar-refractivity contribution in [3.8, 4) is 11.5 Å². The zero-order valence-electron chi connectivity index (χ0n) is 10.7. The summed E-state index contributed by atoms with van der Waals surface area (Å²) in [5.41, 5.74) is 1.54. The molecule has 0 bridgehead atoms. The van der Waals surface area contributed by atoms with Gasteiger partial charge in [-0.2, -0.15) is 0 Å². The molecular weight excluding hydrogens is 433 g/mol. The molecule has 0 amide bonds. The summed E-state index contributed by atoms with van der Waals surface area (Å²) in [6, 6.07) is 3.74. The Morgan fingerprint density at radius 2 is 2.10 bits per heavy atom.